The number of hydrogen-bond acceptors (Lipinski definition) is 9. The quantitative estimate of drug-likeness (QED) is 0.101. The van der Waals surface area contributed by atoms with Crippen LogP contribution in [0, 0.1) is 23.3 Å². The Morgan fingerprint density at radius 3 is 2.09 bits per heavy atom. The molecule has 0 heterocycles. The molecule has 0 saturated carbocycles. The van der Waals surface area contributed by atoms with Crippen LogP contribution in [0.2, 0.25) is 0 Å². The first kappa shape index (κ1) is 30.9. The Hall–Kier alpha value is -2.13. The largest absolute Gasteiger partial charge is 0.449 e. The number of nitrogens with one attached hydrogen (secondary N) is 1. The minimum Gasteiger partial charge on any atom is -0.449 e. The van der Waals surface area contributed by atoms with Gasteiger partial charge in [-0.05, 0) is 0 Å². The summed E-state index contributed by atoms with van der Waals surface area (Å²) in [5.74, 6) is -9.87. The lowest BCUT2D eigenvalue weighted by atomic mass is 10.3. The molecule has 0 unspecified atom stereocenters. The van der Waals surface area contributed by atoms with E-state index in [4.69, 9.17) is 23.7 Å². The number of carbonyl (C=O) groups excluding carboxylic acids is 2. The molecule has 1 atom stereocenters. The zero-order chi connectivity index (χ0) is 26.1. The highest BCUT2D eigenvalue weighted by Crippen LogP contribution is 2.27. The Labute approximate surface area is 204 Å². The number of thioether (sulfide) groups is 1. The second kappa shape index (κ2) is 18.2. The van der Waals surface area contributed by atoms with Crippen molar-refractivity contribution in [2.75, 3.05) is 72.0 Å². The molecule has 1 aromatic carbocycles. The third-order valence-corrected chi connectivity index (χ3v) is 5.06. The lowest BCUT2D eigenvalue weighted by Gasteiger charge is -2.18. The maximum Gasteiger partial charge on any atom is 0.407 e. The van der Waals surface area contributed by atoms with Crippen LogP contribution in [0.15, 0.2) is 6.07 Å². The molecule has 200 valence electrons. The number of hydrogen-bond donors (Lipinski definition) is 1. The van der Waals surface area contributed by atoms with Crippen molar-refractivity contribution in [2.24, 2.45) is 0 Å². The first-order valence-corrected chi connectivity index (χ1v) is 11.7. The standard InChI is InChI=1S/C21H29F4NO8S/c1-29-6-8-31-4-3-5-33-21(28)26-16(13-35-11-10-32-9-7-30-2)20(27)34-19-17(24)14(22)12-15(23)18(19)25/h12,16H,3-11,13H2,1-2H3,(H,26,28)/t16-/m0/s1. The number of halogens is 4. The van der Waals surface area contributed by atoms with Crippen molar-refractivity contribution in [3.05, 3.63) is 29.3 Å². The topological polar surface area (TPSA) is 102 Å². The number of rotatable bonds is 18. The number of esters is 1. The van der Waals surface area contributed by atoms with E-state index in [1.165, 1.54) is 14.2 Å². The molecule has 0 aliphatic heterocycles. The zero-order valence-electron chi connectivity index (χ0n) is 19.4. The van der Waals surface area contributed by atoms with Crippen LogP contribution >= 0.6 is 11.8 Å². The smallest absolute Gasteiger partial charge is 0.407 e. The molecule has 0 fully saturated rings. The SMILES string of the molecule is COCCOCCCOC(=O)N[C@@H](CSCCOCCOC)C(=O)Oc1c(F)c(F)cc(F)c1F. The molecule has 0 saturated heterocycles. The Kier molecular flexibility index (Phi) is 16.1. The van der Waals surface area contributed by atoms with E-state index in [-0.39, 0.29) is 18.4 Å². The fourth-order valence-corrected chi connectivity index (χ4v) is 3.16. The maximum atomic E-state index is 13.9. The molecule has 35 heavy (non-hydrogen) atoms. The van der Waals surface area contributed by atoms with Crippen molar-refractivity contribution in [1.29, 1.82) is 0 Å². The number of methoxy groups -OCH3 is 2. The predicted molar refractivity (Wildman–Crippen MR) is 118 cm³/mol. The van der Waals surface area contributed by atoms with Gasteiger partial charge in [-0.15, -0.1) is 0 Å². The van der Waals surface area contributed by atoms with Crippen molar-refractivity contribution in [3.63, 3.8) is 0 Å². The van der Waals surface area contributed by atoms with Crippen LogP contribution in [-0.4, -0.2) is 90.1 Å². The predicted octanol–water partition coefficient (Wildman–Crippen LogP) is 2.69. The van der Waals surface area contributed by atoms with Gasteiger partial charge in [-0.3, -0.25) is 0 Å². The minimum absolute atomic E-state index is 0.0203. The summed E-state index contributed by atoms with van der Waals surface area (Å²) in [6, 6.07) is -1.47. The third kappa shape index (κ3) is 12.4. The van der Waals surface area contributed by atoms with E-state index in [1.807, 2.05) is 0 Å². The van der Waals surface area contributed by atoms with Gasteiger partial charge in [0.15, 0.2) is 11.6 Å². The molecule has 0 aliphatic carbocycles. The van der Waals surface area contributed by atoms with E-state index in [9.17, 15) is 27.2 Å². The normalized spacial score (nSPS) is 11.8. The molecule has 0 bridgehead atoms. The highest BCUT2D eigenvalue weighted by atomic mass is 32.2. The summed E-state index contributed by atoms with van der Waals surface area (Å²) in [5, 5.41) is 2.22. The molecule has 1 rings (SSSR count). The van der Waals surface area contributed by atoms with E-state index in [1.54, 1.807) is 0 Å². The van der Waals surface area contributed by atoms with Crippen molar-refractivity contribution in [1.82, 2.24) is 5.32 Å². The highest BCUT2D eigenvalue weighted by molar-refractivity contribution is 7.99. The van der Waals surface area contributed by atoms with Crippen LogP contribution in [0.4, 0.5) is 22.4 Å². The summed E-state index contributed by atoms with van der Waals surface area (Å²) < 4.78 is 84.3. The molecule has 9 nitrogen and oxygen atoms in total. The van der Waals surface area contributed by atoms with E-state index in [2.05, 4.69) is 10.1 Å². The molecule has 0 radical (unpaired) electrons. The monoisotopic (exact) mass is 531 g/mol. The Bertz CT molecular complexity index is 764. The second-order valence-electron chi connectivity index (χ2n) is 6.69. The minimum atomic E-state index is -1.88. The summed E-state index contributed by atoms with van der Waals surface area (Å²) in [4.78, 5) is 24.6. The first-order chi connectivity index (χ1) is 16.8. The number of amides is 1. The van der Waals surface area contributed by atoms with Gasteiger partial charge in [0.05, 0.1) is 39.6 Å². The summed E-state index contributed by atoms with van der Waals surface area (Å²) >= 11 is 1.15. The highest BCUT2D eigenvalue weighted by Gasteiger charge is 2.28. The average Bonchev–Trinajstić information content (AvgIpc) is 2.83. The van der Waals surface area contributed by atoms with Gasteiger partial charge >= 0.3 is 12.1 Å². The Balaban J connectivity index is 2.67. The van der Waals surface area contributed by atoms with Crippen molar-refractivity contribution in [2.45, 2.75) is 12.5 Å². The van der Waals surface area contributed by atoms with E-state index < -0.39 is 47.1 Å². The molecule has 1 N–H and O–H groups in total. The molecular formula is C21H29F4NO8S. The molecule has 0 aromatic heterocycles. The fourth-order valence-electron chi connectivity index (χ4n) is 2.30. The van der Waals surface area contributed by atoms with E-state index in [0.29, 0.717) is 51.8 Å². The number of benzene rings is 1. The molecule has 0 spiro atoms. The Morgan fingerprint density at radius 2 is 1.49 bits per heavy atom. The van der Waals surface area contributed by atoms with Gasteiger partial charge in [-0.1, -0.05) is 0 Å². The lowest BCUT2D eigenvalue weighted by Crippen LogP contribution is -2.45. The summed E-state index contributed by atoms with van der Waals surface area (Å²) in [7, 11) is 3.04. The van der Waals surface area contributed by atoms with Gasteiger partial charge in [0.2, 0.25) is 17.4 Å². The van der Waals surface area contributed by atoms with Crippen LogP contribution in [0.25, 0.3) is 0 Å². The van der Waals surface area contributed by atoms with Gasteiger partial charge in [0.1, 0.15) is 6.04 Å². The van der Waals surface area contributed by atoms with Crippen LogP contribution < -0.4 is 10.1 Å². The van der Waals surface area contributed by atoms with Crippen LogP contribution in [0.1, 0.15) is 6.42 Å². The zero-order valence-corrected chi connectivity index (χ0v) is 20.2. The average molecular weight is 532 g/mol. The van der Waals surface area contributed by atoms with E-state index >= 15 is 0 Å². The van der Waals surface area contributed by atoms with E-state index in [0.717, 1.165) is 11.8 Å². The number of alkyl carbamates (subject to hydrolysis) is 1. The van der Waals surface area contributed by atoms with Crippen molar-refractivity contribution >= 4 is 23.8 Å². The second-order valence-corrected chi connectivity index (χ2v) is 7.84. The number of carbonyl (C=O) groups is 2. The van der Waals surface area contributed by atoms with Gasteiger partial charge < -0.3 is 33.7 Å². The third-order valence-electron chi connectivity index (χ3n) is 4.04. The molecule has 14 heteroatoms. The molecular weight excluding hydrogens is 502 g/mol. The van der Waals surface area contributed by atoms with Crippen molar-refractivity contribution in [3.8, 4) is 5.75 Å². The van der Waals surface area contributed by atoms with Gasteiger partial charge in [0.25, 0.3) is 0 Å². The number of ether oxygens (including phenoxy) is 6. The van der Waals surface area contributed by atoms with Crippen LogP contribution in [0.3, 0.4) is 0 Å². The van der Waals surface area contributed by atoms with Gasteiger partial charge in [-0.2, -0.15) is 20.5 Å². The van der Waals surface area contributed by atoms with Crippen LogP contribution in [0.5, 0.6) is 5.75 Å². The van der Waals surface area contributed by atoms with Gasteiger partial charge in [0, 0.05) is 44.8 Å². The summed E-state index contributed by atoms with van der Waals surface area (Å²) in [6.45, 7) is 2.08. The fraction of sp³-hybridized carbons (Fsp3) is 0.619. The summed E-state index contributed by atoms with van der Waals surface area (Å²) in [5.41, 5.74) is 0. The Morgan fingerprint density at radius 1 is 0.886 bits per heavy atom. The van der Waals surface area contributed by atoms with Crippen molar-refractivity contribution < 1.29 is 55.6 Å². The molecule has 1 aromatic rings. The maximum absolute atomic E-state index is 13.9. The molecule has 1 amide bonds. The first-order valence-electron chi connectivity index (χ1n) is 10.5. The molecule has 0 aliphatic rings. The summed E-state index contributed by atoms with van der Waals surface area (Å²) in [6.07, 6.45) is -0.647. The lowest BCUT2D eigenvalue weighted by molar-refractivity contribution is -0.136. The van der Waals surface area contributed by atoms with Crippen LogP contribution in [-0.2, 0) is 28.5 Å². The van der Waals surface area contributed by atoms with Gasteiger partial charge in [-0.25, -0.2) is 18.4 Å².